The normalized spacial score (nSPS) is 30.4. The number of carbonyl (C=O) groups is 1. The summed E-state index contributed by atoms with van der Waals surface area (Å²) in [4.78, 5) is 12.1. The second-order valence-corrected chi connectivity index (χ2v) is 6.39. The molecule has 0 atom stereocenters. The number of hydrogen-bond donors (Lipinski definition) is 2. The van der Waals surface area contributed by atoms with Crippen molar-refractivity contribution in [2.24, 2.45) is 17.8 Å². The Hall–Kier alpha value is -0.570. The number of nitrogens with one attached hydrogen (secondary N) is 2. The maximum atomic E-state index is 12.1. The van der Waals surface area contributed by atoms with Crippen LogP contribution in [0.25, 0.3) is 0 Å². The van der Waals surface area contributed by atoms with Crippen molar-refractivity contribution >= 4 is 5.91 Å². The van der Waals surface area contributed by atoms with Gasteiger partial charge in [0, 0.05) is 12.0 Å². The lowest BCUT2D eigenvalue weighted by Gasteiger charge is -2.32. The van der Waals surface area contributed by atoms with E-state index in [2.05, 4.69) is 24.5 Å². The average Bonchev–Trinajstić information content (AvgIpc) is 2.40. The van der Waals surface area contributed by atoms with Crippen LogP contribution in [0.15, 0.2) is 0 Å². The Morgan fingerprint density at radius 2 is 1.67 bits per heavy atom. The van der Waals surface area contributed by atoms with Gasteiger partial charge in [0.05, 0.1) is 0 Å². The van der Waals surface area contributed by atoms with Crippen molar-refractivity contribution in [3.8, 4) is 0 Å². The molecular weight excluding hydrogens is 224 g/mol. The minimum absolute atomic E-state index is 0.258. The van der Waals surface area contributed by atoms with E-state index in [1.165, 1.54) is 25.7 Å². The largest absolute Gasteiger partial charge is 0.353 e. The Bertz CT molecular complexity index is 264. The molecule has 3 nitrogen and oxygen atoms in total. The highest BCUT2D eigenvalue weighted by Crippen LogP contribution is 2.30. The third-order valence-corrected chi connectivity index (χ3v) is 4.77. The van der Waals surface area contributed by atoms with E-state index < -0.39 is 0 Å². The minimum atomic E-state index is 0.258. The van der Waals surface area contributed by atoms with Gasteiger partial charge in [-0.15, -0.1) is 0 Å². The highest BCUT2D eigenvalue weighted by atomic mass is 16.1. The zero-order valence-electron chi connectivity index (χ0n) is 11.9. The number of hydrogen-bond acceptors (Lipinski definition) is 2. The predicted molar refractivity (Wildman–Crippen MR) is 74.3 cm³/mol. The van der Waals surface area contributed by atoms with Crippen molar-refractivity contribution in [1.82, 2.24) is 10.6 Å². The van der Waals surface area contributed by atoms with Crippen LogP contribution in [-0.2, 0) is 4.79 Å². The predicted octanol–water partition coefficient (Wildman–Crippen LogP) is 2.32. The zero-order valence-corrected chi connectivity index (χ0v) is 11.9. The third kappa shape index (κ3) is 3.71. The smallest absolute Gasteiger partial charge is 0.223 e. The fraction of sp³-hybridized carbons (Fsp3) is 0.933. The lowest BCUT2D eigenvalue weighted by molar-refractivity contribution is -0.126. The molecule has 2 aliphatic rings. The van der Waals surface area contributed by atoms with Gasteiger partial charge in [-0.05, 0) is 63.5 Å². The fourth-order valence-electron chi connectivity index (χ4n) is 3.33. The SMILES string of the molecule is CC(C)C1CCC(NC(=O)C2CCNCC2)CC1. The molecule has 0 aromatic carbocycles. The second kappa shape index (κ2) is 6.55. The monoisotopic (exact) mass is 252 g/mol. The Morgan fingerprint density at radius 1 is 1.06 bits per heavy atom. The molecule has 1 aliphatic heterocycles. The molecule has 104 valence electrons. The van der Waals surface area contributed by atoms with E-state index in [9.17, 15) is 4.79 Å². The minimum Gasteiger partial charge on any atom is -0.353 e. The van der Waals surface area contributed by atoms with E-state index in [1.807, 2.05) is 0 Å². The molecule has 2 fully saturated rings. The number of amides is 1. The van der Waals surface area contributed by atoms with Crippen molar-refractivity contribution in [1.29, 1.82) is 0 Å². The third-order valence-electron chi connectivity index (χ3n) is 4.77. The lowest BCUT2D eigenvalue weighted by Crippen LogP contribution is -2.44. The first kappa shape index (κ1) is 13.9. The summed E-state index contributed by atoms with van der Waals surface area (Å²) in [5.74, 6) is 2.24. The van der Waals surface area contributed by atoms with Gasteiger partial charge in [0.25, 0.3) is 0 Å². The van der Waals surface area contributed by atoms with Crippen molar-refractivity contribution in [3.05, 3.63) is 0 Å². The van der Waals surface area contributed by atoms with Crippen molar-refractivity contribution in [2.45, 2.75) is 58.4 Å². The molecule has 18 heavy (non-hydrogen) atoms. The van der Waals surface area contributed by atoms with Gasteiger partial charge in [-0.25, -0.2) is 0 Å². The zero-order chi connectivity index (χ0) is 13.0. The quantitative estimate of drug-likeness (QED) is 0.809. The van der Waals surface area contributed by atoms with Crippen LogP contribution in [-0.4, -0.2) is 25.0 Å². The molecule has 0 bridgehead atoms. The maximum Gasteiger partial charge on any atom is 0.223 e. The molecule has 2 N–H and O–H groups in total. The van der Waals surface area contributed by atoms with Crippen LogP contribution in [0.1, 0.15) is 52.4 Å². The van der Waals surface area contributed by atoms with E-state index >= 15 is 0 Å². The molecule has 0 radical (unpaired) electrons. The summed E-state index contributed by atoms with van der Waals surface area (Å²) in [5.41, 5.74) is 0. The van der Waals surface area contributed by atoms with Crippen LogP contribution in [0, 0.1) is 17.8 Å². The van der Waals surface area contributed by atoms with Crippen LogP contribution in [0.2, 0.25) is 0 Å². The molecule has 1 heterocycles. The molecule has 1 aliphatic carbocycles. The topological polar surface area (TPSA) is 41.1 Å². The summed E-state index contributed by atoms with van der Waals surface area (Å²) in [6.07, 6.45) is 6.95. The van der Waals surface area contributed by atoms with Gasteiger partial charge in [0.2, 0.25) is 5.91 Å². The first-order valence-corrected chi connectivity index (χ1v) is 7.68. The van der Waals surface area contributed by atoms with Gasteiger partial charge in [-0.1, -0.05) is 13.8 Å². The molecule has 1 saturated heterocycles. The van der Waals surface area contributed by atoms with Crippen LogP contribution in [0.4, 0.5) is 0 Å². The van der Waals surface area contributed by atoms with Gasteiger partial charge in [-0.2, -0.15) is 0 Å². The second-order valence-electron chi connectivity index (χ2n) is 6.39. The van der Waals surface area contributed by atoms with E-state index in [0.29, 0.717) is 11.9 Å². The molecule has 3 heteroatoms. The first-order chi connectivity index (χ1) is 8.66. The van der Waals surface area contributed by atoms with Gasteiger partial charge in [-0.3, -0.25) is 4.79 Å². The molecule has 0 unspecified atom stereocenters. The van der Waals surface area contributed by atoms with Crippen LogP contribution in [0.3, 0.4) is 0 Å². The van der Waals surface area contributed by atoms with E-state index in [-0.39, 0.29) is 5.92 Å². The van der Waals surface area contributed by atoms with Crippen LogP contribution >= 0.6 is 0 Å². The Kier molecular flexibility index (Phi) is 5.04. The van der Waals surface area contributed by atoms with Gasteiger partial charge < -0.3 is 10.6 Å². The van der Waals surface area contributed by atoms with Crippen molar-refractivity contribution in [3.63, 3.8) is 0 Å². The molecule has 0 spiro atoms. The van der Waals surface area contributed by atoms with E-state index in [0.717, 1.165) is 37.8 Å². The van der Waals surface area contributed by atoms with Crippen molar-refractivity contribution < 1.29 is 4.79 Å². The number of piperidine rings is 1. The van der Waals surface area contributed by atoms with Crippen molar-refractivity contribution in [2.75, 3.05) is 13.1 Å². The maximum absolute atomic E-state index is 12.1. The lowest BCUT2D eigenvalue weighted by atomic mass is 9.79. The summed E-state index contributed by atoms with van der Waals surface area (Å²) >= 11 is 0. The molecule has 2 rings (SSSR count). The van der Waals surface area contributed by atoms with Crippen LogP contribution < -0.4 is 10.6 Å². The summed E-state index contributed by atoms with van der Waals surface area (Å²) in [5, 5.41) is 6.59. The Balaban J connectivity index is 1.72. The number of rotatable bonds is 3. The van der Waals surface area contributed by atoms with E-state index in [4.69, 9.17) is 0 Å². The highest BCUT2D eigenvalue weighted by molar-refractivity contribution is 5.79. The summed E-state index contributed by atoms with van der Waals surface area (Å²) in [7, 11) is 0. The average molecular weight is 252 g/mol. The molecule has 1 amide bonds. The first-order valence-electron chi connectivity index (χ1n) is 7.68. The highest BCUT2D eigenvalue weighted by Gasteiger charge is 2.27. The molecule has 1 saturated carbocycles. The van der Waals surface area contributed by atoms with Gasteiger partial charge in [0.15, 0.2) is 0 Å². The Labute approximate surface area is 111 Å². The molecule has 0 aromatic heterocycles. The molecule has 0 aromatic rings. The van der Waals surface area contributed by atoms with E-state index in [1.54, 1.807) is 0 Å². The summed E-state index contributed by atoms with van der Waals surface area (Å²) in [6, 6.07) is 0.447. The van der Waals surface area contributed by atoms with Gasteiger partial charge in [0.1, 0.15) is 0 Å². The summed E-state index contributed by atoms with van der Waals surface area (Å²) < 4.78 is 0. The fourth-order valence-corrected chi connectivity index (χ4v) is 3.33. The molecular formula is C15H28N2O. The van der Waals surface area contributed by atoms with Gasteiger partial charge >= 0.3 is 0 Å². The summed E-state index contributed by atoms with van der Waals surface area (Å²) in [6.45, 7) is 6.63. The Morgan fingerprint density at radius 3 is 2.22 bits per heavy atom. The number of carbonyl (C=O) groups excluding carboxylic acids is 1. The standard InChI is InChI=1S/C15H28N2O/c1-11(2)12-3-5-14(6-4-12)17-15(18)13-7-9-16-10-8-13/h11-14,16H,3-10H2,1-2H3,(H,17,18). The van der Waals surface area contributed by atoms with Crippen LogP contribution in [0.5, 0.6) is 0 Å².